The van der Waals surface area contributed by atoms with Gasteiger partial charge in [0.15, 0.2) is 0 Å². The molecule has 144 valence electrons. The average molecular weight is 415 g/mol. The number of rotatable bonds is 5. The Morgan fingerprint density at radius 2 is 1.64 bits per heavy atom. The van der Waals surface area contributed by atoms with Crippen molar-refractivity contribution < 1.29 is 13.2 Å². The fourth-order valence-electron chi connectivity index (χ4n) is 2.62. The Morgan fingerprint density at radius 1 is 0.893 bits per heavy atom. The summed E-state index contributed by atoms with van der Waals surface area (Å²) >= 11 is 6.03. The highest BCUT2D eigenvalue weighted by Crippen LogP contribution is 2.24. The van der Waals surface area contributed by atoms with Crippen LogP contribution in [0.15, 0.2) is 71.6 Å². The van der Waals surface area contributed by atoms with E-state index in [1.54, 1.807) is 30.3 Å². The standard InChI is InChI=1S/C21H19ClN2O3S/c1-14-10-11-15(2)20(12-14)23-21(25)16-6-5-7-17(13-16)28(26,27)24-19-9-4-3-8-18(19)22/h3-13,24H,1-2H3,(H,23,25). The first-order chi connectivity index (χ1) is 13.3. The predicted octanol–water partition coefficient (Wildman–Crippen LogP) is 5.01. The van der Waals surface area contributed by atoms with E-state index in [0.717, 1.165) is 11.1 Å². The molecular weight excluding hydrogens is 396 g/mol. The van der Waals surface area contributed by atoms with Gasteiger partial charge >= 0.3 is 0 Å². The molecule has 0 heterocycles. The van der Waals surface area contributed by atoms with Crippen molar-refractivity contribution in [3.63, 3.8) is 0 Å². The molecule has 0 aromatic heterocycles. The Morgan fingerprint density at radius 3 is 2.39 bits per heavy atom. The molecular formula is C21H19ClN2O3S. The maximum Gasteiger partial charge on any atom is 0.261 e. The molecule has 0 spiro atoms. The number of para-hydroxylation sites is 1. The van der Waals surface area contributed by atoms with Gasteiger partial charge in [0.25, 0.3) is 15.9 Å². The summed E-state index contributed by atoms with van der Waals surface area (Å²) in [6.07, 6.45) is 0. The number of carbonyl (C=O) groups excluding carboxylic acids is 1. The summed E-state index contributed by atoms with van der Waals surface area (Å²) in [6, 6.07) is 18.1. The van der Waals surface area contributed by atoms with E-state index in [4.69, 9.17) is 11.6 Å². The Labute approximate surface area is 169 Å². The van der Waals surface area contributed by atoms with E-state index in [1.165, 1.54) is 18.2 Å². The van der Waals surface area contributed by atoms with Gasteiger partial charge < -0.3 is 5.32 Å². The summed E-state index contributed by atoms with van der Waals surface area (Å²) in [6.45, 7) is 3.83. The van der Waals surface area contributed by atoms with E-state index in [2.05, 4.69) is 10.0 Å². The van der Waals surface area contributed by atoms with Crippen molar-refractivity contribution in [2.45, 2.75) is 18.7 Å². The second-order valence-electron chi connectivity index (χ2n) is 6.39. The van der Waals surface area contributed by atoms with Gasteiger partial charge in [0.05, 0.1) is 15.6 Å². The number of anilines is 2. The minimum atomic E-state index is -3.89. The molecule has 5 nitrogen and oxygen atoms in total. The smallest absolute Gasteiger partial charge is 0.261 e. The van der Waals surface area contributed by atoms with Gasteiger partial charge in [0.1, 0.15) is 0 Å². The molecule has 0 saturated carbocycles. The van der Waals surface area contributed by atoms with Crippen LogP contribution in [0.3, 0.4) is 0 Å². The van der Waals surface area contributed by atoms with Gasteiger partial charge in [-0.15, -0.1) is 0 Å². The number of hydrogen-bond acceptors (Lipinski definition) is 3. The maximum absolute atomic E-state index is 12.7. The zero-order chi connectivity index (χ0) is 20.3. The highest BCUT2D eigenvalue weighted by molar-refractivity contribution is 7.92. The zero-order valence-corrected chi connectivity index (χ0v) is 16.9. The van der Waals surface area contributed by atoms with Crippen molar-refractivity contribution in [3.8, 4) is 0 Å². The number of sulfonamides is 1. The number of benzene rings is 3. The number of hydrogen-bond donors (Lipinski definition) is 2. The van der Waals surface area contributed by atoms with Gasteiger partial charge in [-0.25, -0.2) is 8.42 Å². The fourth-order valence-corrected chi connectivity index (χ4v) is 3.98. The molecule has 0 aliphatic carbocycles. The molecule has 7 heteroatoms. The number of nitrogens with one attached hydrogen (secondary N) is 2. The monoisotopic (exact) mass is 414 g/mol. The van der Waals surface area contributed by atoms with E-state index in [9.17, 15) is 13.2 Å². The van der Waals surface area contributed by atoms with Crippen LogP contribution < -0.4 is 10.0 Å². The highest BCUT2D eigenvalue weighted by Gasteiger charge is 2.18. The first kappa shape index (κ1) is 19.9. The van der Waals surface area contributed by atoms with Crippen LogP contribution in [0.2, 0.25) is 5.02 Å². The molecule has 28 heavy (non-hydrogen) atoms. The molecule has 0 aliphatic rings. The van der Waals surface area contributed by atoms with Gasteiger partial charge in [-0.2, -0.15) is 0 Å². The van der Waals surface area contributed by atoms with Crippen molar-refractivity contribution in [2.75, 3.05) is 10.0 Å². The molecule has 0 aliphatic heterocycles. The van der Waals surface area contributed by atoms with Crippen molar-refractivity contribution >= 4 is 38.9 Å². The van der Waals surface area contributed by atoms with E-state index >= 15 is 0 Å². The lowest BCUT2D eigenvalue weighted by Crippen LogP contribution is -2.16. The van der Waals surface area contributed by atoms with Crippen molar-refractivity contribution in [1.82, 2.24) is 0 Å². The lowest BCUT2D eigenvalue weighted by atomic mass is 10.1. The molecule has 0 atom stereocenters. The number of amides is 1. The van der Waals surface area contributed by atoms with Crippen LogP contribution in [0, 0.1) is 13.8 Å². The normalized spacial score (nSPS) is 11.1. The Balaban J connectivity index is 1.86. The molecule has 0 unspecified atom stereocenters. The maximum atomic E-state index is 12.7. The lowest BCUT2D eigenvalue weighted by Gasteiger charge is -2.12. The number of aryl methyl sites for hydroxylation is 2. The van der Waals surface area contributed by atoms with Gasteiger partial charge in [0.2, 0.25) is 0 Å². The molecule has 3 aromatic carbocycles. The Hall–Kier alpha value is -2.83. The molecule has 0 fully saturated rings. The third kappa shape index (κ3) is 4.52. The SMILES string of the molecule is Cc1ccc(C)c(NC(=O)c2cccc(S(=O)(=O)Nc3ccccc3Cl)c2)c1. The van der Waals surface area contributed by atoms with Crippen LogP contribution in [-0.2, 0) is 10.0 Å². The minimum Gasteiger partial charge on any atom is -0.322 e. The molecule has 3 rings (SSSR count). The van der Waals surface area contributed by atoms with E-state index < -0.39 is 10.0 Å². The predicted molar refractivity (Wildman–Crippen MR) is 113 cm³/mol. The van der Waals surface area contributed by atoms with Crippen LogP contribution in [0.5, 0.6) is 0 Å². The Bertz CT molecular complexity index is 1140. The van der Waals surface area contributed by atoms with E-state index in [0.29, 0.717) is 5.69 Å². The van der Waals surface area contributed by atoms with Crippen LogP contribution in [0.1, 0.15) is 21.5 Å². The minimum absolute atomic E-state index is 0.0268. The second kappa shape index (κ2) is 8.04. The van der Waals surface area contributed by atoms with Crippen LogP contribution >= 0.6 is 11.6 Å². The third-order valence-corrected chi connectivity index (χ3v) is 5.86. The fraction of sp³-hybridized carbons (Fsp3) is 0.0952. The molecule has 3 aromatic rings. The summed E-state index contributed by atoms with van der Waals surface area (Å²) in [5.74, 6) is -0.386. The summed E-state index contributed by atoms with van der Waals surface area (Å²) in [5.41, 5.74) is 3.13. The molecule has 1 amide bonds. The molecule has 0 bridgehead atoms. The third-order valence-electron chi connectivity index (χ3n) is 4.17. The van der Waals surface area contributed by atoms with E-state index in [1.807, 2.05) is 32.0 Å². The Kier molecular flexibility index (Phi) is 5.72. The van der Waals surface area contributed by atoms with Crippen molar-refractivity contribution in [1.29, 1.82) is 0 Å². The van der Waals surface area contributed by atoms with Crippen molar-refractivity contribution in [3.05, 3.63) is 88.4 Å². The summed E-state index contributed by atoms with van der Waals surface area (Å²) in [5, 5.41) is 3.12. The van der Waals surface area contributed by atoms with E-state index in [-0.39, 0.29) is 27.1 Å². The largest absolute Gasteiger partial charge is 0.322 e. The zero-order valence-electron chi connectivity index (χ0n) is 15.4. The van der Waals surface area contributed by atoms with Gasteiger partial charge in [0, 0.05) is 11.3 Å². The topological polar surface area (TPSA) is 75.3 Å². The van der Waals surface area contributed by atoms with Gasteiger partial charge in [-0.05, 0) is 61.4 Å². The summed E-state index contributed by atoms with van der Waals surface area (Å²) in [4.78, 5) is 12.6. The number of halogens is 1. The first-order valence-corrected chi connectivity index (χ1v) is 10.4. The average Bonchev–Trinajstić information content (AvgIpc) is 2.66. The quantitative estimate of drug-likeness (QED) is 0.616. The van der Waals surface area contributed by atoms with Gasteiger partial charge in [-0.1, -0.05) is 41.9 Å². The van der Waals surface area contributed by atoms with Gasteiger partial charge in [-0.3, -0.25) is 9.52 Å². The van der Waals surface area contributed by atoms with Crippen molar-refractivity contribution in [2.24, 2.45) is 0 Å². The van der Waals surface area contributed by atoms with Crippen LogP contribution in [-0.4, -0.2) is 14.3 Å². The lowest BCUT2D eigenvalue weighted by molar-refractivity contribution is 0.102. The molecule has 0 saturated heterocycles. The number of carbonyl (C=O) groups is 1. The van der Waals surface area contributed by atoms with Crippen LogP contribution in [0.25, 0.3) is 0 Å². The second-order valence-corrected chi connectivity index (χ2v) is 8.48. The highest BCUT2D eigenvalue weighted by atomic mass is 35.5. The summed E-state index contributed by atoms with van der Waals surface area (Å²) in [7, 11) is -3.89. The first-order valence-electron chi connectivity index (χ1n) is 8.52. The summed E-state index contributed by atoms with van der Waals surface area (Å²) < 4.78 is 27.8. The molecule has 2 N–H and O–H groups in total. The molecule has 0 radical (unpaired) electrons. The van der Waals surface area contributed by atoms with Crippen LogP contribution in [0.4, 0.5) is 11.4 Å².